The zero-order valence-electron chi connectivity index (χ0n) is 13.0. The fraction of sp³-hybridized carbons (Fsp3) is 0.235. The molecule has 0 spiro atoms. The Hall–Kier alpha value is -1.74. The number of halogens is 1. The number of aldehydes is 1. The average molecular weight is 420 g/mol. The molecular weight excluding hydrogens is 406 g/mol. The molecule has 0 atom stereocenters. The van der Waals surface area contributed by atoms with Crippen molar-refractivity contribution in [3.63, 3.8) is 0 Å². The second-order valence-electron chi connectivity index (χ2n) is 5.96. The van der Waals surface area contributed by atoms with Crippen molar-refractivity contribution in [1.82, 2.24) is 14.8 Å². The summed E-state index contributed by atoms with van der Waals surface area (Å²) >= 11 is 3.88. The first-order chi connectivity index (χ1) is 12.0. The Bertz CT molecular complexity index is 969. The molecule has 0 amide bonds. The lowest BCUT2D eigenvalue weighted by Crippen LogP contribution is -2.25. The average Bonchev–Trinajstić information content (AvgIpc) is 3.39. The van der Waals surface area contributed by atoms with Gasteiger partial charge in [-0.2, -0.15) is 0 Å². The van der Waals surface area contributed by atoms with Gasteiger partial charge in [0.1, 0.15) is 0 Å². The molecule has 2 N–H and O–H groups in total. The number of fused-ring (bicyclic) bond motifs is 1. The number of carbonyl (C=O) groups is 1. The minimum absolute atomic E-state index is 0.0545. The van der Waals surface area contributed by atoms with Crippen molar-refractivity contribution in [2.24, 2.45) is 0 Å². The summed E-state index contributed by atoms with van der Waals surface area (Å²) < 4.78 is 2.08. The van der Waals surface area contributed by atoms with Crippen LogP contribution in [0.2, 0.25) is 0 Å². The Labute approximate surface area is 156 Å². The summed E-state index contributed by atoms with van der Waals surface area (Å²) in [5.74, 6) is 0.606. The highest BCUT2D eigenvalue weighted by Crippen LogP contribution is 2.44. The van der Waals surface area contributed by atoms with E-state index < -0.39 is 5.12 Å². The van der Waals surface area contributed by atoms with E-state index in [-0.39, 0.29) is 11.4 Å². The molecule has 1 aromatic heterocycles. The zero-order chi connectivity index (χ0) is 17.6. The van der Waals surface area contributed by atoms with Gasteiger partial charge in [-0.05, 0) is 63.5 Å². The molecule has 0 radical (unpaired) electrons. The number of carbonyl (C=O) groups excluding carboxylic acids is 1. The van der Waals surface area contributed by atoms with Gasteiger partial charge in [-0.3, -0.25) is 9.36 Å². The van der Waals surface area contributed by atoms with Gasteiger partial charge >= 0.3 is 0 Å². The first-order valence-electron chi connectivity index (χ1n) is 7.73. The molecule has 25 heavy (non-hydrogen) atoms. The van der Waals surface area contributed by atoms with E-state index in [0.29, 0.717) is 22.4 Å². The molecule has 0 bridgehead atoms. The third-order valence-electron chi connectivity index (χ3n) is 4.18. The number of aliphatic hydroxyl groups is 2. The largest absolute Gasteiger partial charge is 0.351 e. The summed E-state index contributed by atoms with van der Waals surface area (Å²) in [5.41, 5.74) is 2.13. The molecule has 1 saturated carbocycles. The van der Waals surface area contributed by atoms with Crippen LogP contribution in [-0.4, -0.2) is 36.4 Å². The number of hydrogen-bond acceptors (Lipinski definition) is 6. The summed E-state index contributed by atoms with van der Waals surface area (Å²) in [5, 5.41) is 27.0. The van der Waals surface area contributed by atoms with Gasteiger partial charge in [-0.25, -0.2) is 0 Å². The van der Waals surface area contributed by atoms with Crippen molar-refractivity contribution < 1.29 is 15.0 Å². The topological polar surface area (TPSA) is 88.2 Å². The summed E-state index contributed by atoms with van der Waals surface area (Å²) in [6, 6.07) is 12.1. The van der Waals surface area contributed by atoms with E-state index in [4.69, 9.17) is 0 Å². The molecule has 128 valence electrons. The van der Waals surface area contributed by atoms with Crippen LogP contribution in [0.1, 0.15) is 24.3 Å². The maximum absolute atomic E-state index is 10.8. The Kier molecular flexibility index (Phi) is 4.15. The molecule has 4 rings (SSSR count). The normalized spacial score (nSPS) is 14.8. The molecule has 1 fully saturated rings. The Morgan fingerprint density at radius 1 is 1.16 bits per heavy atom. The van der Waals surface area contributed by atoms with E-state index in [1.165, 1.54) is 18.4 Å². The number of benzene rings is 2. The highest BCUT2D eigenvalue weighted by molar-refractivity contribution is 9.10. The molecule has 0 unspecified atom stereocenters. The summed E-state index contributed by atoms with van der Waals surface area (Å²) in [6.07, 6.45) is 2.47. The third kappa shape index (κ3) is 3.10. The second-order valence-corrected chi connectivity index (χ2v) is 7.84. The fourth-order valence-corrected chi connectivity index (χ4v) is 4.16. The molecule has 1 aliphatic rings. The monoisotopic (exact) mass is 419 g/mol. The van der Waals surface area contributed by atoms with Gasteiger partial charge in [0.25, 0.3) is 5.12 Å². The van der Waals surface area contributed by atoms with Crippen molar-refractivity contribution in [2.45, 2.75) is 29.0 Å². The number of aromatic nitrogens is 3. The molecule has 3 aromatic rings. The molecular formula is C17H14BrN3O3S. The van der Waals surface area contributed by atoms with Gasteiger partial charge in [0.05, 0.1) is 5.69 Å². The quantitative estimate of drug-likeness (QED) is 0.375. The SMILES string of the molecule is O=CC(O)(O)Sc1nnc(Br)n1-c1ccc(C2CC2)c2ccccc12. The molecule has 2 aromatic carbocycles. The Morgan fingerprint density at radius 3 is 2.56 bits per heavy atom. The lowest BCUT2D eigenvalue weighted by atomic mass is 9.99. The van der Waals surface area contributed by atoms with Gasteiger partial charge in [0, 0.05) is 5.39 Å². The lowest BCUT2D eigenvalue weighted by Gasteiger charge is -2.16. The molecule has 1 aliphatic carbocycles. The number of nitrogens with zero attached hydrogens (tertiary/aromatic N) is 3. The molecule has 8 heteroatoms. The van der Waals surface area contributed by atoms with E-state index in [9.17, 15) is 15.0 Å². The smallest absolute Gasteiger partial charge is 0.279 e. The van der Waals surface area contributed by atoms with E-state index in [1.54, 1.807) is 4.57 Å². The van der Waals surface area contributed by atoms with E-state index in [1.807, 2.05) is 24.3 Å². The van der Waals surface area contributed by atoms with Crippen LogP contribution in [0.25, 0.3) is 16.5 Å². The summed E-state index contributed by atoms with van der Waals surface area (Å²) in [6.45, 7) is 0. The van der Waals surface area contributed by atoms with E-state index in [0.717, 1.165) is 16.5 Å². The van der Waals surface area contributed by atoms with Gasteiger partial charge in [-0.15, -0.1) is 10.2 Å². The van der Waals surface area contributed by atoms with Crippen molar-refractivity contribution in [3.05, 3.63) is 46.7 Å². The maximum Gasteiger partial charge on any atom is 0.279 e. The predicted octanol–water partition coefficient (Wildman–Crippen LogP) is 2.99. The van der Waals surface area contributed by atoms with E-state index in [2.05, 4.69) is 38.3 Å². The van der Waals surface area contributed by atoms with Crippen molar-refractivity contribution in [3.8, 4) is 5.69 Å². The van der Waals surface area contributed by atoms with Crippen molar-refractivity contribution >= 4 is 44.8 Å². The van der Waals surface area contributed by atoms with E-state index >= 15 is 0 Å². The predicted molar refractivity (Wildman–Crippen MR) is 97.6 cm³/mol. The van der Waals surface area contributed by atoms with Crippen LogP contribution in [0, 0.1) is 0 Å². The number of hydrogen-bond donors (Lipinski definition) is 2. The van der Waals surface area contributed by atoms with Crippen molar-refractivity contribution in [1.29, 1.82) is 0 Å². The van der Waals surface area contributed by atoms with Crippen molar-refractivity contribution in [2.75, 3.05) is 0 Å². The standard InChI is InChI=1S/C17H14BrN3O3S/c18-15-19-20-16(25-17(23,24)9-22)21(15)14-8-7-11(10-5-6-10)12-3-1-2-4-13(12)14/h1-4,7-10,23-24H,5-6H2. The maximum atomic E-state index is 10.8. The number of thioether (sulfide) groups is 1. The minimum Gasteiger partial charge on any atom is -0.351 e. The van der Waals surface area contributed by atoms with Gasteiger partial charge in [0.15, 0.2) is 6.29 Å². The van der Waals surface area contributed by atoms with Crippen LogP contribution in [0.5, 0.6) is 0 Å². The van der Waals surface area contributed by atoms with Gasteiger partial charge in [0.2, 0.25) is 9.89 Å². The van der Waals surface area contributed by atoms with Crippen LogP contribution in [-0.2, 0) is 4.79 Å². The molecule has 0 saturated heterocycles. The van der Waals surface area contributed by atoms with Gasteiger partial charge in [-0.1, -0.05) is 30.3 Å². The molecule has 1 heterocycles. The van der Waals surface area contributed by atoms with Crippen LogP contribution in [0.3, 0.4) is 0 Å². The highest BCUT2D eigenvalue weighted by Gasteiger charge is 2.30. The van der Waals surface area contributed by atoms with Crippen LogP contribution >= 0.6 is 27.7 Å². The molecule has 0 aliphatic heterocycles. The first-order valence-corrected chi connectivity index (χ1v) is 9.34. The fourth-order valence-electron chi connectivity index (χ4n) is 2.93. The van der Waals surface area contributed by atoms with Gasteiger partial charge < -0.3 is 10.2 Å². The first kappa shape index (κ1) is 16.7. The van der Waals surface area contributed by atoms with Crippen LogP contribution < -0.4 is 0 Å². The van der Waals surface area contributed by atoms with Crippen LogP contribution in [0.15, 0.2) is 46.3 Å². The second kappa shape index (κ2) is 6.21. The highest BCUT2D eigenvalue weighted by atomic mass is 79.9. The number of rotatable bonds is 5. The minimum atomic E-state index is -2.56. The zero-order valence-corrected chi connectivity index (χ0v) is 15.4. The Morgan fingerprint density at radius 2 is 1.88 bits per heavy atom. The summed E-state index contributed by atoms with van der Waals surface area (Å²) in [4.78, 5) is 10.8. The summed E-state index contributed by atoms with van der Waals surface area (Å²) in [7, 11) is 0. The van der Waals surface area contributed by atoms with Crippen LogP contribution in [0.4, 0.5) is 0 Å². The lowest BCUT2D eigenvalue weighted by molar-refractivity contribution is -0.139. The Balaban J connectivity index is 1.90. The molecule has 6 nitrogen and oxygen atoms in total. The third-order valence-corrected chi connectivity index (χ3v) is 5.54.